The Labute approximate surface area is 192 Å². The number of esters is 1. The Morgan fingerprint density at radius 2 is 1.81 bits per heavy atom. The minimum atomic E-state index is -0.445. The van der Waals surface area contributed by atoms with Gasteiger partial charge in [0.1, 0.15) is 24.0 Å². The average Bonchev–Trinajstić information content (AvgIpc) is 3.15. The summed E-state index contributed by atoms with van der Waals surface area (Å²) in [6.45, 7) is 2.11. The highest BCUT2D eigenvalue weighted by Crippen LogP contribution is 2.28. The molecule has 0 aliphatic carbocycles. The molecule has 0 spiro atoms. The second-order valence-electron chi connectivity index (χ2n) is 7.90. The van der Waals surface area contributed by atoms with E-state index >= 15 is 0 Å². The molecule has 5 rings (SSSR count). The number of nitrogens with one attached hydrogen (secondary N) is 1. The van der Waals surface area contributed by atoms with E-state index in [4.69, 9.17) is 9.47 Å². The van der Waals surface area contributed by atoms with E-state index in [1.807, 2.05) is 55.6 Å². The molecule has 0 saturated carbocycles. The molecule has 1 fully saturated rings. The topological polar surface area (TPSA) is 65.4 Å². The summed E-state index contributed by atoms with van der Waals surface area (Å²) in [5.41, 5.74) is 2.52. The molecule has 0 atom stereocenters. The molecule has 3 aromatic carbocycles. The van der Waals surface area contributed by atoms with Gasteiger partial charge < -0.3 is 19.4 Å². The van der Waals surface area contributed by atoms with Crippen LogP contribution in [0.15, 0.2) is 60.7 Å². The highest BCUT2D eigenvalue weighted by atomic mass is 35.5. The molecule has 2 heterocycles. The van der Waals surface area contributed by atoms with Crippen LogP contribution < -0.4 is 10.1 Å². The molecule has 0 bridgehead atoms. The van der Waals surface area contributed by atoms with Gasteiger partial charge >= 0.3 is 5.97 Å². The van der Waals surface area contributed by atoms with Gasteiger partial charge in [-0.2, -0.15) is 0 Å². The minimum Gasteiger partial charge on any atom is -0.488 e. The number of carbonyl (C=O) groups excluding carboxylic acids is 1. The van der Waals surface area contributed by atoms with Crippen molar-refractivity contribution < 1.29 is 14.3 Å². The number of nitrogens with zero attached hydrogens (tertiary/aromatic N) is 2. The number of fused-ring (bicyclic) bond motifs is 2. The number of para-hydroxylation sites is 1. The first kappa shape index (κ1) is 22.1. The largest absolute Gasteiger partial charge is 0.488 e. The molecule has 0 unspecified atom stereocenters. The molecule has 0 amide bonds. The lowest BCUT2D eigenvalue weighted by Gasteiger charge is -2.24. The van der Waals surface area contributed by atoms with Crippen molar-refractivity contribution in [1.29, 1.82) is 0 Å². The highest BCUT2D eigenvalue weighted by molar-refractivity contribution is 5.93. The van der Waals surface area contributed by atoms with Gasteiger partial charge in [-0.05, 0) is 54.4 Å². The fourth-order valence-corrected chi connectivity index (χ4v) is 4.23. The van der Waals surface area contributed by atoms with Crippen LogP contribution in [0, 0.1) is 0 Å². The third kappa shape index (κ3) is 4.29. The van der Waals surface area contributed by atoms with Crippen molar-refractivity contribution in [2.75, 3.05) is 13.1 Å². The summed E-state index contributed by atoms with van der Waals surface area (Å²) in [4.78, 5) is 17.4. The van der Waals surface area contributed by atoms with E-state index in [9.17, 15) is 4.79 Å². The Balaban J connectivity index is 0.00000245. The molecule has 1 aliphatic rings. The normalized spacial score (nSPS) is 14.3. The highest BCUT2D eigenvalue weighted by Gasteiger charge is 2.22. The van der Waals surface area contributed by atoms with Gasteiger partial charge in [-0.1, -0.05) is 48.5 Å². The van der Waals surface area contributed by atoms with Crippen LogP contribution in [0.25, 0.3) is 21.8 Å². The molecular formula is C25H26ClN3O3. The number of hydrogen-bond acceptors (Lipinski definition) is 5. The van der Waals surface area contributed by atoms with Gasteiger partial charge in [-0.25, -0.2) is 9.78 Å². The number of piperidine rings is 1. The molecule has 1 saturated heterocycles. The van der Waals surface area contributed by atoms with Crippen molar-refractivity contribution in [3.8, 4) is 5.75 Å². The van der Waals surface area contributed by atoms with E-state index in [0.717, 1.165) is 59.0 Å². The molecule has 6 nitrogen and oxygen atoms in total. The first-order valence-corrected chi connectivity index (χ1v) is 10.7. The van der Waals surface area contributed by atoms with Crippen LogP contribution in [0.5, 0.6) is 5.75 Å². The Morgan fingerprint density at radius 1 is 1.06 bits per heavy atom. The fraction of sp³-hybridized carbons (Fsp3) is 0.280. The van der Waals surface area contributed by atoms with Crippen molar-refractivity contribution in [1.82, 2.24) is 14.9 Å². The lowest BCUT2D eigenvalue weighted by molar-refractivity contribution is 0.0456. The molecule has 32 heavy (non-hydrogen) atoms. The van der Waals surface area contributed by atoms with E-state index in [1.54, 1.807) is 4.57 Å². The number of hydrogen-bond donors (Lipinski definition) is 1. The van der Waals surface area contributed by atoms with Crippen molar-refractivity contribution in [3.63, 3.8) is 0 Å². The van der Waals surface area contributed by atoms with Gasteiger partial charge in [0.25, 0.3) is 0 Å². The minimum absolute atomic E-state index is 0. The van der Waals surface area contributed by atoms with Crippen LogP contribution in [0.1, 0.15) is 29.0 Å². The predicted octanol–water partition coefficient (Wildman–Crippen LogP) is 4.64. The zero-order valence-corrected chi connectivity index (χ0v) is 18.7. The monoisotopic (exact) mass is 451 g/mol. The number of rotatable bonds is 5. The van der Waals surface area contributed by atoms with Crippen LogP contribution in [0.2, 0.25) is 0 Å². The van der Waals surface area contributed by atoms with Crippen LogP contribution in [0.4, 0.5) is 0 Å². The summed E-state index contributed by atoms with van der Waals surface area (Å²) in [6, 6.07) is 19.8. The Morgan fingerprint density at radius 3 is 2.66 bits per heavy atom. The Kier molecular flexibility index (Phi) is 6.63. The summed E-state index contributed by atoms with van der Waals surface area (Å²) in [6.07, 6.45) is 2.10. The fourth-order valence-electron chi connectivity index (χ4n) is 4.23. The first-order valence-electron chi connectivity index (χ1n) is 10.7. The third-order valence-electron chi connectivity index (χ3n) is 5.86. The van der Waals surface area contributed by atoms with E-state index in [1.165, 1.54) is 0 Å². The number of aryl methyl sites for hydroxylation is 1. The maximum Gasteiger partial charge on any atom is 0.374 e. The van der Waals surface area contributed by atoms with Crippen molar-refractivity contribution in [2.45, 2.75) is 25.6 Å². The number of benzene rings is 3. The molecule has 1 aliphatic heterocycles. The quantitative estimate of drug-likeness (QED) is 0.448. The van der Waals surface area contributed by atoms with E-state index in [-0.39, 0.29) is 30.9 Å². The van der Waals surface area contributed by atoms with Gasteiger partial charge in [0.05, 0.1) is 5.52 Å². The van der Waals surface area contributed by atoms with E-state index in [0.29, 0.717) is 0 Å². The van der Waals surface area contributed by atoms with Crippen LogP contribution in [-0.4, -0.2) is 34.7 Å². The molecule has 1 N–H and O–H groups in total. The summed E-state index contributed by atoms with van der Waals surface area (Å²) >= 11 is 0. The third-order valence-corrected chi connectivity index (χ3v) is 5.86. The molecular weight excluding hydrogens is 426 g/mol. The average molecular weight is 452 g/mol. The summed E-state index contributed by atoms with van der Waals surface area (Å²) in [7, 11) is 1.83. The Hall–Kier alpha value is -3.09. The summed E-state index contributed by atoms with van der Waals surface area (Å²) in [5.74, 6) is 0.587. The predicted molar refractivity (Wildman–Crippen MR) is 128 cm³/mol. The SMILES string of the molecule is Cl.Cn1c(C(=O)OCc2cccc3ccccc23)nc2cccc(OC3CCNCC3)c21. The molecule has 0 radical (unpaired) electrons. The number of aromatic nitrogens is 2. The molecule has 7 heteroatoms. The zero-order chi connectivity index (χ0) is 21.2. The maximum atomic E-state index is 12.9. The lowest BCUT2D eigenvalue weighted by atomic mass is 10.1. The summed E-state index contributed by atoms with van der Waals surface area (Å²) in [5, 5.41) is 5.56. The smallest absolute Gasteiger partial charge is 0.374 e. The van der Waals surface area contributed by atoms with Gasteiger partial charge in [-0.15, -0.1) is 12.4 Å². The second-order valence-corrected chi connectivity index (χ2v) is 7.90. The van der Waals surface area contributed by atoms with Crippen LogP contribution in [0.3, 0.4) is 0 Å². The van der Waals surface area contributed by atoms with Crippen molar-refractivity contribution in [3.05, 3.63) is 72.1 Å². The zero-order valence-electron chi connectivity index (χ0n) is 17.9. The van der Waals surface area contributed by atoms with Gasteiger partial charge in [0.2, 0.25) is 5.82 Å². The van der Waals surface area contributed by atoms with Crippen LogP contribution >= 0.6 is 12.4 Å². The van der Waals surface area contributed by atoms with Gasteiger partial charge in [0.15, 0.2) is 0 Å². The summed E-state index contributed by atoms with van der Waals surface area (Å²) < 4.78 is 13.7. The van der Waals surface area contributed by atoms with Crippen molar-refractivity contribution >= 4 is 40.2 Å². The second kappa shape index (κ2) is 9.59. The standard InChI is InChI=1S/C25H25N3O3.ClH/c1-28-23-21(10-5-11-22(23)31-19-12-14-26-15-13-19)27-24(28)25(29)30-16-18-8-4-7-17-6-2-3-9-20(17)18;/h2-11,19,26H,12-16H2,1H3;1H. The van der Waals surface area contributed by atoms with Crippen LogP contribution in [-0.2, 0) is 18.4 Å². The number of halogens is 1. The van der Waals surface area contributed by atoms with E-state index < -0.39 is 5.97 Å². The number of carbonyl (C=O) groups is 1. The number of imidazole rings is 1. The first-order chi connectivity index (χ1) is 15.2. The Bertz CT molecular complexity index is 1240. The van der Waals surface area contributed by atoms with Gasteiger partial charge in [0, 0.05) is 7.05 Å². The maximum absolute atomic E-state index is 12.9. The van der Waals surface area contributed by atoms with Crippen molar-refractivity contribution in [2.24, 2.45) is 7.05 Å². The molecule has 166 valence electrons. The number of ether oxygens (including phenoxy) is 2. The molecule has 1 aromatic heterocycles. The lowest BCUT2D eigenvalue weighted by Crippen LogP contribution is -2.34. The molecule has 4 aromatic rings. The van der Waals surface area contributed by atoms with Gasteiger partial charge in [-0.3, -0.25) is 0 Å². The van der Waals surface area contributed by atoms with E-state index in [2.05, 4.69) is 22.4 Å².